The lowest BCUT2D eigenvalue weighted by Crippen LogP contribution is -2.29. The monoisotopic (exact) mass is 461 g/mol. The predicted octanol–water partition coefficient (Wildman–Crippen LogP) is 4.58. The van der Waals surface area contributed by atoms with Gasteiger partial charge in [0, 0.05) is 17.8 Å². The van der Waals surface area contributed by atoms with Crippen LogP contribution in [-0.2, 0) is 16.4 Å². The first-order valence-corrected chi connectivity index (χ1v) is 11.2. The van der Waals surface area contributed by atoms with Crippen molar-refractivity contribution in [3.8, 4) is 0 Å². The maximum atomic E-state index is 13.2. The smallest absolute Gasteiger partial charge is 0.264 e. The van der Waals surface area contributed by atoms with E-state index in [1.165, 1.54) is 40.7 Å². The highest BCUT2D eigenvalue weighted by Crippen LogP contribution is 2.33. The van der Waals surface area contributed by atoms with Crippen LogP contribution >= 0.6 is 23.2 Å². The molecule has 0 unspecified atom stereocenters. The molecule has 1 aliphatic heterocycles. The van der Waals surface area contributed by atoms with Gasteiger partial charge in [-0.15, -0.1) is 0 Å². The van der Waals surface area contributed by atoms with Crippen LogP contribution in [0, 0.1) is 0 Å². The number of amides is 1. The highest BCUT2D eigenvalue weighted by Gasteiger charge is 2.31. The molecule has 4 rings (SSSR count). The van der Waals surface area contributed by atoms with Gasteiger partial charge in [0.25, 0.3) is 15.9 Å². The van der Waals surface area contributed by atoms with Crippen molar-refractivity contribution in [1.82, 2.24) is 0 Å². The number of halogens is 2. The Morgan fingerprint density at radius 2 is 1.70 bits per heavy atom. The zero-order chi connectivity index (χ0) is 21.5. The van der Waals surface area contributed by atoms with Gasteiger partial charge in [-0.3, -0.25) is 9.10 Å². The molecule has 3 aromatic rings. The number of nitrogens with two attached hydrogens (primary N) is 1. The van der Waals surface area contributed by atoms with Gasteiger partial charge >= 0.3 is 0 Å². The van der Waals surface area contributed by atoms with Gasteiger partial charge in [0.1, 0.15) is 0 Å². The SMILES string of the molecule is Nc1c(Cl)cc(NC(=O)c2cccc(S(=O)(=O)N3CCc4ccccc43)c2)cc1Cl. The van der Waals surface area contributed by atoms with Gasteiger partial charge in [0.05, 0.1) is 26.3 Å². The number of hydrogen-bond acceptors (Lipinski definition) is 4. The first-order valence-electron chi connectivity index (χ1n) is 9.04. The number of nitrogen functional groups attached to an aromatic ring is 1. The standard InChI is InChI=1S/C21H17Cl2N3O3S/c22-17-11-15(12-18(23)20(17)24)25-21(27)14-5-3-6-16(10-14)30(28,29)26-9-8-13-4-1-2-7-19(13)26/h1-7,10-12H,8-9,24H2,(H,25,27). The molecule has 0 aromatic heterocycles. The fourth-order valence-electron chi connectivity index (χ4n) is 3.34. The minimum Gasteiger partial charge on any atom is -0.396 e. The molecule has 154 valence electrons. The third kappa shape index (κ3) is 3.71. The number of nitrogens with zero attached hydrogens (tertiary/aromatic N) is 1. The summed E-state index contributed by atoms with van der Waals surface area (Å²) in [5.74, 6) is -0.495. The number of sulfonamides is 1. The summed E-state index contributed by atoms with van der Waals surface area (Å²) < 4.78 is 27.8. The van der Waals surface area contributed by atoms with E-state index in [1.54, 1.807) is 12.1 Å². The van der Waals surface area contributed by atoms with Crippen molar-refractivity contribution < 1.29 is 13.2 Å². The van der Waals surface area contributed by atoms with Crippen molar-refractivity contribution in [2.24, 2.45) is 0 Å². The molecule has 1 aliphatic rings. The number of rotatable bonds is 4. The van der Waals surface area contributed by atoms with Crippen LogP contribution in [0.15, 0.2) is 65.6 Å². The van der Waals surface area contributed by atoms with Gasteiger partial charge in [-0.2, -0.15) is 0 Å². The summed E-state index contributed by atoms with van der Waals surface area (Å²) in [5.41, 5.74) is 8.11. The normalized spacial score (nSPS) is 13.2. The van der Waals surface area contributed by atoms with Gasteiger partial charge in [0.2, 0.25) is 0 Å². The summed E-state index contributed by atoms with van der Waals surface area (Å²) in [6.45, 7) is 0.362. The van der Waals surface area contributed by atoms with Crippen molar-refractivity contribution in [3.05, 3.63) is 81.8 Å². The van der Waals surface area contributed by atoms with E-state index in [2.05, 4.69) is 5.32 Å². The number of nitrogens with one attached hydrogen (secondary N) is 1. The Morgan fingerprint density at radius 1 is 1.00 bits per heavy atom. The molecule has 0 radical (unpaired) electrons. The maximum Gasteiger partial charge on any atom is 0.264 e. The van der Waals surface area contributed by atoms with E-state index in [0.717, 1.165) is 5.56 Å². The third-order valence-corrected chi connectivity index (χ3v) is 7.30. The zero-order valence-electron chi connectivity index (χ0n) is 15.6. The Labute approximate surface area is 184 Å². The topological polar surface area (TPSA) is 92.5 Å². The summed E-state index contributed by atoms with van der Waals surface area (Å²) in [6, 6.07) is 16.2. The molecule has 0 saturated carbocycles. The van der Waals surface area contributed by atoms with Gasteiger partial charge in [-0.1, -0.05) is 47.5 Å². The average molecular weight is 462 g/mol. The van der Waals surface area contributed by atoms with Crippen molar-refractivity contribution in [3.63, 3.8) is 0 Å². The van der Waals surface area contributed by atoms with Crippen LogP contribution in [0.25, 0.3) is 0 Å². The average Bonchev–Trinajstić information content (AvgIpc) is 3.17. The van der Waals surface area contributed by atoms with Gasteiger partial charge < -0.3 is 11.1 Å². The van der Waals surface area contributed by atoms with E-state index in [9.17, 15) is 13.2 Å². The minimum absolute atomic E-state index is 0.0419. The molecule has 6 nitrogen and oxygen atoms in total. The first kappa shape index (κ1) is 20.5. The number of hydrogen-bond donors (Lipinski definition) is 2. The van der Waals surface area contributed by atoms with Crippen molar-refractivity contribution >= 4 is 56.2 Å². The van der Waals surface area contributed by atoms with Crippen molar-refractivity contribution in [2.75, 3.05) is 21.9 Å². The first-order chi connectivity index (χ1) is 14.3. The number of fused-ring (bicyclic) bond motifs is 1. The zero-order valence-corrected chi connectivity index (χ0v) is 17.9. The summed E-state index contributed by atoms with van der Waals surface area (Å²) >= 11 is 12.0. The van der Waals surface area contributed by atoms with Gasteiger partial charge in [-0.25, -0.2) is 8.42 Å². The number of para-hydroxylation sites is 1. The number of anilines is 3. The number of carbonyl (C=O) groups is 1. The number of carbonyl (C=O) groups excluding carboxylic acids is 1. The predicted molar refractivity (Wildman–Crippen MR) is 120 cm³/mol. The second-order valence-electron chi connectivity index (χ2n) is 6.79. The lowest BCUT2D eigenvalue weighted by molar-refractivity contribution is 0.102. The van der Waals surface area contributed by atoms with Crippen LogP contribution < -0.4 is 15.4 Å². The van der Waals surface area contributed by atoms with Crippen LogP contribution in [-0.4, -0.2) is 20.9 Å². The largest absolute Gasteiger partial charge is 0.396 e. The molecular weight excluding hydrogens is 445 g/mol. The molecule has 3 N–H and O–H groups in total. The van der Waals surface area contributed by atoms with Gasteiger partial charge in [-0.05, 0) is 48.4 Å². The molecule has 1 amide bonds. The third-order valence-electron chi connectivity index (χ3n) is 4.87. The molecule has 9 heteroatoms. The van der Waals surface area contributed by atoms with Crippen LogP contribution in [0.4, 0.5) is 17.1 Å². The van der Waals surface area contributed by atoms with E-state index in [4.69, 9.17) is 28.9 Å². The van der Waals surface area contributed by atoms with E-state index in [0.29, 0.717) is 24.3 Å². The molecule has 0 atom stereocenters. The lowest BCUT2D eigenvalue weighted by atomic mass is 10.2. The highest BCUT2D eigenvalue weighted by atomic mass is 35.5. The Hall–Kier alpha value is -2.74. The Kier molecular flexibility index (Phi) is 5.36. The fraction of sp³-hybridized carbons (Fsp3) is 0.0952. The molecule has 3 aromatic carbocycles. The summed E-state index contributed by atoms with van der Waals surface area (Å²) in [6.07, 6.45) is 0.647. The Balaban J connectivity index is 1.62. The quantitative estimate of drug-likeness (QED) is 0.556. The Morgan fingerprint density at radius 3 is 2.43 bits per heavy atom. The summed E-state index contributed by atoms with van der Waals surface area (Å²) in [5, 5.41) is 3.08. The van der Waals surface area contributed by atoms with E-state index < -0.39 is 15.9 Å². The molecular formula is C21H17Cl2N3O3S. The van der Waals surface area contributed by atoms with E-state index in [-0.39, 0.29) is 26.2 Å². The van der Waals surface area contributed by atoms with Crippen LogP contribution in [0.3, 0.4) is 0 Å². The van der Waals surface area contributed by atoms with Crippen LogP contribution in [0.5, 0.6) is 0 Å². The Bertz CT molecular complexity index is 1240. The lowest BCUT2D eigenvalue weighted by Gasteiger charge is -2.20. The van der Waals surface area contributed by atoms with E-state index in [1.807, 2.05) is 12.1 Å². The van der Waals surface area contributed by atoms with Crippen LogP contribution in [0.2, 0.25) is 10.0 Å². The molecule has 30 heavy (non-hydrogen) atoms. The molecule has 0 saturated heterocycles. The highest BCUT2D eigenvalue weighted by molar-refractivity contribution is 7.92. The fourth-order valence-corrected chi connectivity index (χ4v) is 5.38. The molecule has 1 heterocycles. The maximum absolute atomic E-state index is 13.2. The van der Waals surface area contributed by atoms with Crippen LogP contribution in [0.1, 0.15) is 15.9 Å². The van der Waals surface area contributed by atoms with Gasteiger partial charge in [0.15, 0.2) is 0 Å². The second-order valence-corrected chi connectivity index (χ2v) is 9.47. The molecule has 0 aliphatic carbocycles. The number of benzene rings is 3. The summed E-state index contributed by atoms with van der Waals surface area (Å²) in [4.78, 5) is 12.7. The van der Waals surface area contributed by atoms with Crippen molar-refractivity contribution in [2.45, 2.75) is 11.3 Å². The summed E-state index contributed by atoms with van der Waals surface area (Å²) in [7, 11) is -3.81. The van der Waals surface area contributed by atoms with E-state index >= 15 is 0 Å². The minimum atomic E-state index is -3.81. The molecule has 0 bridgehead atoms. The van der Waals surface area contributed by atoms with Crippen molar-refractivity contribution in [1.29, 1.82) is 0 Å². The molecule has 0 fully saturated rings. The second kappa shape index (κ2) is 7.83. The molecule has 0 spiro atoms.